The summed E-state index contributed by atoms with van der Waals surface area (Å²) in [4.78, 5) is 0. The Bertz CT molecular complexity index is 334. The summed E-state index contributed by atoms with van der Waals surface area (Å²) in [7, 11) is 0. The largest absolute Gasteiger partial charge is 0.321 e. The molecule has 0 saturated heterocycles. The lowest BCUT2D eigenvalue weighted by Crippen LogP contribution is -2.43. The van der Waals surface area contributed by atoms with Crippen LogP contribution in [-0.2, 0) is 5.54 Å². The van der Waals surface area contributed by atoms with Crippen LogP contribution in [-0.4, -0.2) is 0 Å². The molecule has 0 amide bonds. The maximum atomic E-state index is 12.8. The summed E-state index contributed by atoms with van der Waals surface area (Å²) in [6.45, 7) is 0. The van der Waals surface area contributed by atoms with Crippen molar-refractivity contribution in [3.8, 4) is 0 Å². The molecule has 1 aromatic rings. The van der Waals surface area contributed by atoms with Gasteiger partial charge in [0.2, 0.25) is 0 Å². The van der Waals surface area contributed by atoms with Crippen molar-refractivity contribution >= 4 is 15.9 Å². The van der Waals surface area contributed by atoms with Gasteiger partial charge in [-0.2, -0.15) is 0 Å². The molecule has 1 nitrogen and oxygen atoms in total. The molecule has 1 aliphatic rings. The van der Waals surface area contributed by atoms with E-state index in [1.807, 2.05) is 0 Å². The van der Waals surface area contributed by atoms with Crippen LogP contribution in [0.5, 0.6) is 0 Å². The van der Waals surface area contributed by atoms with Crippen LogP contribution < -0.4 is 5.73 Å². The molecule has 13 heavy (non-hydrogen) atoms. The Kier molecular flexibility index (Phi) is 2.16. The molecule has 0 bridgehead atoms. The lowest BCUT2D eigenvalue weighted by molar-refractivity contribution is 0.252. The third-order valence-corrected chi connectivity index (χ3v) is 3.37. The molecule has 2 rings (SSSR count). The highest BCUT2D eigenvalue weighted by molar-refractivity contribution is 9.10. The van der Waals surface area contributed by atoms with Gasteiger partial charge in [-0.1, -0.05) is 22.0 Å². The van der Waals surface area contributed by atoms with Gasteiger partial charge in [-0.05, 0) is 37.0 Å². The standard InChI is InChI=1S/C10H11BrFN/c11-9-6-7(12)2-3-8(9)10(13)4-1-5-10/h2-3,6H,1,4-5,13H2. The van der Waals surface area contributed by atoms with Crippen LogP contribution >= 0.6 is 15.9 Å². The number of rotatable bonds is 1. The molecule has 3 heteroatoms. The molecule has 0 spiro atoms. The van der Waals surface area contributed by atoms with Crippen LogP contribution in [0.1, 0.15) is 24.8 Å². The van der Waals surface area contributed by atoms with E-state index in [0.29, 0.717) is 0 Å². The van der Waals surface area contributed by atoms with Crippen molar-refractivity contribution in [3.05, 3.63) is 34.1 Å². The molecule has 1 fully saturated rings. The minimum Gasteiger partial charge on any atom is -0.321 e. The monoisotopic (exact) mass is 243 g/mol. The Labute approximate surface area is 85.3 Å². The van der Waals surface area contributed by atoms with E-state index >= 15 is 0 Å². The van der Waals surface area contributed by atoms with E-state index in [4.69, 9.17) is 5.73 Å². The molecule has 1 saturated carbocycles. The van der Waals surface area contributed by atoms with Crippen LogP contribution in [0.25, 0.3) is 0 Å². The van der Waals surface area contributed by atoms with Gasteiger partial charge in [0.05, 0.1) is 0 Å². The number of benzene rings is 1. The van der Waals surface area contributed by atoms with Crippen LogP contribution in [0.4, 0.5) is 4.39 Å². The Morgan fingerprint density at radius 3 is 2.54 bits per heavy atom. The normalized spacial score (nSPS) is 19.6. The second-order valence-corrected chi connectivity index (χ2v) is 4.49. The van der Waals surface area contributed by atoms with Gasteiger partial charge < -0.3 is 5.73 Å². The van der Waals surface area contributed by atoms with E-state index in [-0.39, 0.29) is 11.4 Å². The SMILES string of the molecule is NC1(c2ccc(F)cc2Br)CCC1. The van der Waals surface area contributed by atoms with E-state index < -0.39 is 0 Å². The first kappa shape index (κ1) is 9.16. The molecule has 0 aliphatic heterocycles. The number of halogens is 2. The fourth-order valence-electron chi connectivity index (χ4n) is 1.72. The maximum Gasteiger partial charge on any atom is 0.124 e. The highest BCUT2D eigenvalue weighted by Gasteiger charge is 2.35. The first-order valence-electron chi connectivity index (χ1n) is 4.36. The summed E-state index contributed by atoms with van der Waals surface area (Å²) in [5.74, 6) is -0.224. The van der Waals surface area contributed by atoms with Gasteiger partial charge in [-0.25, -0.2) is 4.39 Å². The van der Waals surface area contributed by atoms with E-state index in [1.165, 1.54) is 18.6 Å². The molecule has 0 heterocycles. The van der Waals surface area contributed by atoms with Crippen molar-refractivity contribution in [2.75, 3.05) is 0 Å². The zero-order chi connectivity index (χ0) is 9.47. The first-order chi connectivity index (χ1) is 6.12. The minimum atomic E-state index is -0.224. The lowest BCUT2D eigenvalue weighted by atomic mass is 9.73. The summed E-state index contributed by atoms with van der Waals surface area (Å²) in [6, 6.07) is 4.72. The van der Waals surface area contributed by atoms with Crippen LogP contribution in [0.2, 0.25) is 0 Å². The predicted octanol–water partition coefficient (Wildman–Crippen LogP) is 2.93. The Balaban J connectivity index is 2.40. The second-order valence-electron chi connectivity index (χ2n) is 3.63. The van der Waals surface area contributed by atoms with Crippen molar-refractivity contribution in [1.29, 1.82) is 0 Å². The van der Waals surface area contributed by atoms with Crippen molar-refractivity contribution in [2.24, 2.45) is 5.73 Å². The third kappa shape index (κ3) is 1.51. The zero-order valence-corrected chi connectivity index (χ0v) is 8.77. The molecule has 0 atom stereocenters. The van der Waals surface area contributed by atoms with Gasteiger partial charge >= 0.3 is 0 Å². The third-order valence-electron chi connectivity index (χ3n) is 2.71. The lowest BCUT2D eigenvalue weighted by Gasteiger charge is -2.39. The van der Waals surface area contributed by atoms with Gasteiger partial charge in [0.15, 0.2) is 0 Å². The smallest absolute Gasteiger partial charge is 0.124 e. The number of hydrogen-bond donors (Lipinski definition) is 1. The highest BCUT2D eigenvalue weighted by Crippen LogP contribution is 2.41. The van der Waals surface area contributed by atoms with Crippen LogP contribution in [0.3, 0.4) is 0 Å². The van der Waals surface area contributed by atoms with Crippen LogP contribution in [0, 0.1) is 5.82 Å². The first-order valence-corrected chi connectivity index (χ1v) is 5.15. The maximum absolute atomic E-state index is 12.8. The molecule has 2 N–H and O–H groups in total. The van der Waals surface area contributed by atoms with E-state index in [9.17, 15) is 4.39 Å². The summed E-state index contributed by atoms with van der Waals surface area (Å²) < 4.78 is 13.6. The van der Waals surface area contributed by atoms with E-state index in [1.54, 1.807) is 6.07 Å². The van der Waals surface area contributed by atoms with Crippen molar-refractivity contribution in [2.45, 2.75) is 24.8 Å². The molecule has 0 unspecified atom stereocenters. The average molecular weight is 244 g/mol. The Morgan fingerprint density at radius 1 is 1.38 bits per heavy atom. The predicted molar refractivity (Wildman–Crippen MR) is 53.8 cm³/mol. The second kappa shape index (κ2) is 3.07. The summed E-state index contributed by atoms with van der Waals surface area (Å²) in [5.41, 5.74) is 6.93. The van der Waals surface area contributed by atoms with E-state index in [0.717, 1.165) is 22.9 Å². The summed E-state index contributed by atoms with van der Waals surface area (Å²) >= 11 is 3.34. The molecule has 1 aliphatic carbocycles. The molecule has 0 radical (unpaired) electrons. The van der Waals surface area contributed by atoms with Gasteiger partial charge in [0, 0.05) is 10.0 Å². The number of nitrogens with two attached hydrogens (primary N) is 1. The quantitative estimate of drug-likeness (QED) is 0.807. The van der Waals surface area contributed by atoms with Crippen molar-refractivity contribution in [1.82, 2.24) is 0 Å². The highest BCUT2D eigenvalue weighted by atomic mass is 79.9. The Hall–Kier alpha value is -0.410. The van der Waals surface area contributed by atoms with Crippen molar-refractivity contribution in [3.63, 3.8) is 0 Å². The van der Waals surface area contributed by atoms with Gasteiger partial charge in [0.1, 0.15) is 5.82 Å². The minimum absolute atomic E-state index is 0.216. The molecular formula is C10H11BrFN. The molecule has 1 aromatic carbocycles. The van der Waals surface area contributed by atoms with Crippen LogP contribution in [0.15, 0.2) is 22.7 Å². The van der Waals surface area contributed by atoms with E-state index in [2.05, 4.69) is 15.9 Å². The van der Waals surface area contributed by atoms with Gasteiger partial charge in [-0.15, -0.1) is 0 Å². The van der Waals surface area contributed by atoms with Crippen molar-refractivity contribution < 1.29 is 4.39 Å². The fraction of sp³-hybridized carbons (Fsp3) is 0.400. The Morgan fingerprint density at radius 2 is 2.08 bits per heavy atom. The molecule has 70 valence electrons. The van der Waals surface area contributed by atoms with Gasteiger partial charge in [0.25, 0.3) is 0 Å². The number of hydrogen-bond acceptors (Lipinski definition) is 1. The molecule has 0 aromatic heterocycles. The van der Waals surface area contributed by atoms with Gasteiger partial charge in [-0.3, -0.25) is 0 Å². The fourth-order valence-corrected chi connectivity index (χ4v) is 2.47. The molecular weight excluding hydrogens is 233 g/mol. The zero-order valence-electron chi connectivity index (χ0n) is 7.19. The summed E-state index contributed by atoms with van der Waals surface area (Å²) in [5, 5.41) is 0. The average Bonchev–Trinajstić information content (AvgIpc) is 2.00. The summed E-state index contributed by atoms with van der Waals surface area (Å²) in [6.07, 6.45) is 3.16. The topological polar surface area (TPSA) is 26.0 Å².